The van der Waals surface area contributed by atoms with Crippen LogP contribution in [0.25, 0.3) is 0 Å². The third kappa shape index (κ3) is 24.6. The van der Waals surface area contributed by atoms with Crippen LogP contribution in [0.4, 0.5) is 22.2 Å². The molecule has 35 nitrogen and oxygen atoms in total. The number of amides is 7. The second-order valence-electron chi connectivity index (χ2n) is 27.9. The van der Waals surface area contributed by atoms with Gasteiger partial charge in [0.2, 0.25) is 43.9 Å². The van der Waals surface area contributed by atoms with Gasteiger partial charge in [0.25, 0.3) is 23.6 Å². The number of oxime groups is 1. The van der Waals surface area contributed by atoms with E-state index in [9.17, 15) is 79.2 Å². The van der Waals surface area contributed by atoms with Crippen molar-refractivity contribution in [1.29, 1.82) is 0 Å². The molecule has 125 heavy (non-hydrogen) atoms. The molecular formula is C87H85N15O20S3. The smallest absolute Gasteiger partial charge is 0.277 e. The first-order valence-corrected chi connectivity index (χ1v) is 42.2. The quantitative estimate of drug-likeness (QED) is 0.0160. The maximum absolute atomic E-state index is 14.1. The van der Waals surface area contributed by atoms with Crippen LogP contribution in [0.2, 0.25) is 0 Å². The number of ketones is 3. The zero-order valence-corrected chi connectivity index (χ0v) is 70.4. The molecule has 0 saturated carbocycles. The molecule has 0 radical (unpaired) electrons. The summed E-state index contributed by atoms with van der Waals surface area (Å²) in [4.78, 5) is 189. The summed E-state index contributed by atoms with van der Waals surface area (Å²) in [7, 11) is -4.58. The Labute approximate surface area is 721 Å². The molecule has 7 amide bonds. The Bertz CT molecular complexity index is 5920. The Morgan fingerprint density at radius 1 is 0.488 bits per heavy atom. The van der Waals surface area contributed by atoms with Crippen molar-refractivity contribution in [3.05, 3.63) is 262 Å². The molecular weight excluding hydrogens is 1670 g/mol. The number of ether oxygens (including phenoxy) is 2. The van der Waals surface area contributed by atoms with Gasteiger partial charge in [-0.3, -0.25) is 72.6 Å². The van der Waals surface area contributed by atoms with Crippen molar-refractivity contribution in [3.63, 3.8) is 0 Å². The van der Waals surface area contributed by atoms with Crippen LogP contribution in [-0.2, 0) is 93.0 Å². The van der Waals surface area contributed by atoms with Gasteiger partial charge in [-0.15, -0.1) is 11.3 Å². The molecule has 1 aromatic heterocycles. The number of benzene rings is 8. The van der Waals surface area contributed by atoms with Crippen molar-refractivity contribution in [3.8, 4) is 11.5 Å². The fourth-order valence-electron chi connectivity index (χ4n) is 13.1. The number of carbonyl (C=O) groups excluding carboxylic acids is 13. The number of nitrogens with two attached hydrogens (primary N) is 1. The summed E-state index contributed by atoms with van der Waals surface area (Å²) < 4.78 is 68.9. The van der Waals surface area contributed by atoms with Crippen LogP contribution in [0.1, 0.15) is 84.7 Å². The minimum Gasteiger partial charge on any atom is -0.497 e. The van der Waals surface area contributed by atoms with Gasteiger partial charge in [-0.2, -0.15) is 9.44 Å². The number of aliphatic imine (C=N–C) groups is 3. The second-order valence-corrected chi connectivity index (χ2v) is 32.2. The number of para-hydroxylation sites is 3. The summed E-state index contributed by atoms with van der Waals surface area (Å²) in [5.74, 6) is -6.34. The molecule has 0 bridgehead atoms. The molecule has 8 N–H and O–H groups in total. The lowest BCUT2D eigenvalue weighted by Crippen LogP contribution is -2.52. The molecule has 3 aliphatic rings. The van der Waals surface area contributed by atoms with Crippen molar-refractivity contribution in [2.24, 2.45) is 20.1 Å². The third-order valence-corrected chi connectivity index (χ3v) is 22.0. The third-order valence-electron chi connectivity index (χ3n) is 18.6. The van der Waals surface area contributed by atoms with E-state index in [-0.39, 0.29) is 75.3 Å². The molecule has 3 unspecified atom stereocenters. The molecule has 38 heteroatoms. The first-order valence-electron chi connectivity index (χ1n) is 38.2. The monoisotopic (exact) mass is 1760 g/mol. The number of nitrogen functional groups attached to an aromatic ring is 1. The van der Waals surface area contributed by atoms with Crippen molar-refractivity contribution >= 4 is 154 Å². The first-order chi connectivity index (χ1) is 59.9. The maximum atomic E-state index is 14.1. The number of aromatic nitrogens is 1. The zero-order valence-electron chi connectivity index (χ0n) is 68.0. The summed E-state index contributed by atoms with van der Waals surface area (Å²) in [5, 5.41) is 15.4. The number of carbonyl (C=O) groups is 13. The minimum absolute atomic E-state index is 0.00605. The number of rotatable bonds is 34. The number of thiazole rings is 1. The van der Waals surface area contributed by atoms with Crippen LogP contribution in [-0.4, -0.2) is 200 Å². The van der Waals surface area contributed by atoms with E-state index >= 15 is 0 Å². The summed E-state index contributed by atoms with van der Waals surface area (Å²) in [5.41, 5.74) is 11.6. The predicted molar refractivity (Wildman–Crippen MR) is 464 cm³/mol. The molecule has 12 rings (SSSR count). The number of hydrogen-bond donors (Lipinski definition) is 7. The number of anilines is 4. The molecule has 9 aromatic rings. The number of hydrogen-bond acceptors (Lipinski definition) is 27. The number of methoxy groups -OCH3 is 2. The maximum Gasteiger partial charge on any atom is 0.277 e. The van der Waals surface area contributed by atoms with Crippen molar-refractivity contribution < 1.29 is 93.5 Å². The van der Waals surface area contributed by atoms with Gasteiger partial charge in [0, 0.05) is 64.1 Å². The van der Waals surface area contributed by atoms with Gasteiger partial charge in [0.05, 0.1) is 72.3 Å². The molecule has 0 spiro atoms. The van der Waals surface area contributed by atoms with Gasteiger partial charge in [0.1, 0.15) is 85.0 Å². The number of sulfonamides is 2. The number of fused-ring (bicyclic) bond motifs is 3. The van der Waals surface area contributed by atoms with Gasteiger partial charge in [-0.05, 0) is 56.7 Å². The Kier molecular flexibility index (Phi) is 32.1. The number of nitrogens with one attached hydrogen (secondary N) is 6. The van der Waals surface area contributed by atoms with E-state index in [1.807, 2.05) is 12.1 Å². The minimum atomic E-state index is -4.46. The van der Waals surface area contributed by atoms with Gasteiger partial charge < -0.3 is 55.7 Å². The molecule has 8 aromatic carbocycles. The van der Waals surface area contributed by atoms with Crippen molar-refractivity contribution in [2.45, 2.75) is 87.3 Å². The molecule has 0 aliphatic carbocycles. The SMILES string of the molecule is CC(=O)C[C@@H](C=O)NC(=O)CN1C(=O)C(NS(=O)(=O)Cc2ccccc2)N=C(c2ccccc2)c2ccccc21.CO/N=C(\C(=O)NC1N=C(c2ccccc2)c2ccccc2N(CC(=O)N[C@H](C=O)CC(C)=O)C1=O)c1csc(N)n1.COc1ccc(OC)c(S(=O)(=O)NC2N=C(c3ccccc3)c3ccccc3N(CC(=O)N[C@H](C=O)CC(C)=O)C2=O)c1. The number of aldehydes is 3. The fraction of sp³-hybridized carbons (Fsp3) is 0.218. The van der Waals surface area contributed by atoms with Gasteiger partial charge in [-0.25, -0.2) is 26.8 Å². The number of Topliss-reactive ketones (excluding diaryl/α,β-unsaturated/α-hetero) is 3. The molecule has 0 fully saturated rings. The van der Waals surface area contributed by atoms with Crippen LogP contribution in [0.15, 0.2) is 243 Å². The van der Waals surface area contributed by atoms with Crippen LogP contribution in [0.5, 0.6) is 11.5 Å². The van der Waals surface area contributed by atoms with E-state index in [4.69, 9.17) is 20.0 Å². The van der Waals surface area contributed by atoms with Crippen LogP contribution >= 0.6 is 11.3 Å². The molecule has 4 heterocycles. The normalized spacial score (nSPS) is 15.6. The van der Waals surface area contributed by atoms with E-state index in [2.05, 4.69) is 55.8 Å². The Balaban J connectivity index is 0.000000196. The number of nitrogens with zero attached hydrogens (tertiary/aromatic N) is 8. The van der Waals surface area contributed by atoms with Crippen molar-refractivity contribution in [1.82, 2.24) is 35.7 Å². The predicted octanol–water partition coefficient (Wildman–Crippen LogP) is 4.90. The van der Waals surface area contributed by atoms with Crippen LogP contribution in [0.3, 0.4) is 0 Å². The Morgan fingerprint density at radius 3 is 1.22 bits per heavy atom. The second kappa shape index (κ2) is 43.3. The standard InChI is InChI=1S/C30H30N4O8S.C29H28N4O6S.C28H27N7O6S/c1-19(36)15-21(18-35)31-27(37)17-34-24-12-8-7-11-23(24)28(20-9-5-4-6-10-20)32-29(30(34)38)33-43(39,40)26-16-22(41-2)13-14-25(26)42-3;1-20(35)16-23(18-34)30-26(36)17-33-25-15-9-8-14-24(25)27(22-12-6-3-7-13-22)31-28(29(33)37)32-40(38,39)19-21-10-4-2-5-11-21;1-16(37)12-18(14-36)30-22(38)13-35-21-11-7-6-10-19(21)23(17-8-4-3-5-9-17)32-25(27(35)40)33-26(39)24(34-41-2)20-15-42-28(29)31-20/h4-14,16,18,21,29,33H,15,17H2,1-3H3,(H,31,37);2-15,18,23,28,32H,16-17,19H2,1H3,(H,30,36);3-11,14-15,18,25H,12-13H2,1-2H3,(H2,29,31)(H,30,38)(H,33,39)/b;;34-24-/t21-,29?;23-,28?;18-,25?/m000/s1. The highest BCUT2D eigenvalue weighted by Gasteiger charge is 2.41. The van der Waals surface area contributed by atoms with Gasteiger partial charge in [-0.1, -0.05) is 181 Å². The zero-order chi connectivity index (χ0) is 90.1. The summed E-state index contributed by atoms with van der Waals surface area (Å²) in [6.45, 7) is 2.24. The topological polar surface area (TPSA) is 488 Å². The highest BCUT2D eigenvalue weighted by Crippen LogP contribution is 2.34. The molecule has 646 valence electrons. The lowest BCUT2D eigenvalue weighted by molar-refractivity contribution is -0.127. The van der Waals surface area contributed by atoms with Crippen LogP contribution < -0.4 is 60.6 Å². The largest absolute Gasteiger partial charge is 0.497 e. The van der Waals surface area contributed by atoms with Crippen molar-refractivity contribution in [2.75, 3.05) is 61.4 Å². The van der Waals surface area contributed by atoms with E-state index in [1.165, 1.54) is 70.6 Å². The fourth-order valence-corrected chi connectivity index (χ4v) is 16.1. The summed E-state index contributed by atoms with van der Waals surface area (Å²) >= 11 is 1.09. The van der Waals surface area contributed by atoms with Crippen LogP contribution in [0, 0.1) is 0 Å². The summed E-state index contributed by atoms with van der Waals surface area (Å²) in [6, 6.07) is 56.7. The van der Waals surface area contributed by atoms with Gasteiger partial charge in [0.15, 0.2) is 23.2 Å². The molecule has 0 saturated heterocycles. The highest BCUT2D eigenvalue weighted by atomic mass is 32.2. The van der Waals surface area contributed by atoms with E-state index < -0.39 is 118 Å². The lowest BCUT2D eigenvalue weighted by Gasteiger charge is -2.25. The average Bonchev–Trinajstić information content (AvgIpc) is 1.63. The molecule has 3 aliphatic heterocycles. The Morgan fingerprint density at radius 2 is 0.856 bits per heavy atom. The van der Waals surface area contributed by atoms with E-state index in [0.29, 0.717) is 92.0 Å². The van der Waals surface area contributed by atoms with Gasteiger partial charge >= 0.3 is 0 Å². The highest BCUT2D eigenvalue weighted by molar-refractivity contribution is 7.89. The average molecular weight is 1760 g/mol. The van der Waals surface area contributed by atoms with E-state index in [0.717, 1.165) is 21.1 Å². The summed E-state index contributed by atoms with van der Waals surface area (Å²) in [6.07, 6.45) is -4.05. The number of benzodiazepines with no additional fused rings is 3. The molecule has 6 atom stereocenters. The Hall–Kier alpha value is -14.6. The lowest BCUT2D eigenvalue weighted by atomic mass is 10.0. The van der Waals surface area contributed by atoms with E-state index in [1.54, 1.807) is 182 Å². The first kappa shape index (κ1) is 92.7.